The van der Waals surface area contributed by atoms with Crippen LogP contribution in [0.3, 0.4) is 0 Å². The molecule has 8 nitrogen and oxygen atoms in total. The summed E-state index contributed by atoms with van der Waals surface area (Å²) in [6.45, 7) is 1.98. The van der Waals surface area contributed by atoms with E-state index in [2.05, 4.69) is 16.3 Å². The number of nitriles is 1. The smallest absolute Gasteiger partial charge is 0.379 e. The summed E-state index contributed by atoms with van der Waals surface area (Å²) in [5, 5.41) is 17.6. The van der Waals surface area contributed by atoms with Crippen LogP contribution in [-0.2, 0) is 56.0 Å². The standard InChI is InChI=1S/C32H27F3N6O2/c1-39-19-37-38-29(39)11-31(17-43-18-31)23-6-3-7-24(10-23)41-16-27-25(30(41)42)8-20(9-28(27)32(33,34)35)13-40-14-22-5-2-4-21(12-36)26(22)15-40/h2-10,19H,11,13-18H2,1H3. The number of benzene rings is 3. The number of aryl methyl sites for hydroxylation is 1. The third-order valence-corrected chi connectivity index (χ3v) is 8.81. The van der Waals surface area contributed by atoms with Gasteiger partial charge in [0.25, 0.3) is 5.91 Å². The van der Waals surface area contributed by atoms with Gasteiger partial charge in [0, 0.05) is 49.8 Å². The van der Waals surface area contributed by atoms with Gasteiger partial charge in [0.2, 0.25) is 0 Å². The highest BCUT2D eigenvalue weighted by Gasteiger charge is 2.43. The number of carbonyl (C=O) groups is 1. The van der Waals surface area contributed by atoms with Crippen LogP contribution in [-0.4, -0.2) is 38.8 Å². The summed E-state index contributed by atoms with van der Waals surface area (Å²) in [7, 11) is 1.87. The molecule has 3 aliphatic rings. The summed E-state index contributed by atoms with van der Waals surface area (Å²) in [5.41, 5.74) is 3.27. The molecule has 1 fully saturated rings. The number of hydrogen-bond donors (Lipinski definition) is 0. The first-order valence-corrected chi connectivity index (χ1v) is 13.9. The van der Waals surface area contributed by atoms with E-state index in [1.165, 1.54) is 11.0 Å². The number of halogens is 3. The van der Waals surface area contributed by atoms with E-state index in [9.17, 15) is 23.2 Å². The van der Waals surface area contributed by atoms with Crippen molar-refractivity contribution < 1.29 is 22.7 Å². The summed E-state index contributed by atoms with van der Waals surface area (Å²) >= 11 is 0. The van der Waals surface area contributed by atoms with E-state index in [0.29, 0.717) is 49.5 Å². The molecule has 11 heteroatoms. The zero-order chi connectivity index (χ0) is 29.9. The van der Waals surface area contributed by atoms with Crippen LogP contribution in [0.25, 0.3) is 0 Å². The molecule has 3 aromatic carbocycles. The van der Waals surface area contributed by atoms with E-state index in [4.69, 9.17) is 4.74 Å². The number of anilines is 1. The largest absolute Gasteiger partial charge is 0.416 e. The van der Waals surface area contributed by atoms with Crippen molar-refractivity contribution in [3.63, 3.8) is 0 Å². The number of aromatic nitrogens is 3. The van der Waals surface area contributed by atoms with Crippen LogP contribution in [0.4, 0.5) is 18.9 Å². The van der Waals surface area contributed by atoms with Gasteiger partial charge in [-0.1, -0.05) is 24.3 Å². The van der Waals surface area contributed by atoms with Gasteiger partial charge in [-0.15, -0.1) is 10.2 Å². The summed E-state index contributed by atoms with van der Waals surface area (Å²) in [6.07, 6.45) is -2.40. The molecular weight excluding hydrogens is 557 g/mol. The van der Waals surface area contributed by atoms with Crippen molar-refractivity contribution in [2.24, 2.45) is 7.05 Å². The van der Waals surface area contributed by atoms with Gasteiger partial charge in [0.1, 0.15) is 12.2 Å². The molecule has 0 radical (unpaired) electrons. The van der Waals surface area contributed by atoms with Crippen molar-refractivity contribution in [3.8, 4) is 6.07 Å². The van der Waals surface area contributed by atoms with Crippen molar-refractivity contribution in [3.05, 3.63) is 111 Å². The summed E-state index contributed by atoms with van der Waals surface area (Å²) in [4.78, 5) is 17.2. The third-order valence-electron chi connectivity index (χ3n) is 8.81. The average Bonchev–Trinajstić information content (AvgIpc) is 3.66. The van der Waals surface area contributed by atoms with Crippen molar-refractivity contribution in [2.45, 2.75) is 44.2 Å². The van der Waals surface area contributed by atoms with Gasteiger partial charge < -0.3 is 14.2 Å². The van der Waals surface area contributed by atoms with Gasteiger partial charge >= 0.3 is 6.18 Å². The first kappa shape index (κ1) is 27.3. The quantitative estimate of drug-likeness (QED) is 0.321. The topological polar surface area (TPSA) is 87.3 Å². The van der Waals surface area contributed by atoms with Gasteiger partial charge in [-0.05, 0) is 58.1 Å². The molecule has 0 saturated carbocycles. The Bertz CT molecular complexity index is 1800. The highest BCUT2D eigenvalue weighted by atomic mass is 19.4. The fourth-order valence-electron chi connectivity index (χ4n) is 6.48. The highest BCUT2D eigenvalue weighted by molar-refractivity contribution is 6.10. The molecule has 7 rings (SSSR count). The van der Waals surface area contributed by atoms with Gasteiger partial charge in [-0.2, -0.15) is 18.4 Å². The van der Waals surface area contributed by atoms with Gasteiger partial charge in [0.05, 0.1) is 37.0 Å². The maximum atomic E-state index is 14.4. The summed E-state index contributed by atoms with van der Waals surface area (Å²) in [5.74, 6) is 0.342. The van der Waals surface area contributed by atoms with Gasteiger partial charge in [0.15, 0.2) is 0 Å². The molecule has 0 atom stereocenters. The molecule has 0 unspecified atom stereocenters. The SMILES string of the molecule is Cn1cnnc1CC1(c2cccc(N3Cc4c(cc(CN5Cc6cccc(C#N)c6C5)cc4C(F)(F)F)C3=O)c2)COC1. The predicted molar refractivity (Wildman–Crippen MR) is 150 cm³/mol. The zero-order valence-corrected chi connectivity index (χ0v) is 23.4. The molecule has 0 spiro atoms. The lowest BCUT2D eigenvalue weighted by molar-refractivity contribution is -0.138. The number of fused-ring (bicyclic) bond motifs is 2. The second-order valence-electron chi connectivity index (χ2n) is 11.6. The minimum absolute atomic E-state index is 0.0103. The Morgan fingerprint density at radius 1 is 1.05 bits per heavy atom. The minimum Gasteiger partial charge on any atom is -0.379 e. The Balaban J connectivity index is 1.18. The lowest BCUT2D eigenvalue weighted by Crippen LogP contribution is -2.49. The molecule has 1 amide bonds. The van der Waals surface area contributed by atoms with E-state index in [1.807, 2.05) is 46.8 Å². The summed E-state index contributed by atoms with van der Waals surface area (Å²) in [6, 6.07) is 17.9. The number of alkyl halides is 3. The Morgan fingerprint density at radius 2 is 1.86 bits per heavy atom. The van der Waals surface area contributed by atoms with Crippen LogP contribution in [0.15, 0.2) is 60.9 Å². The molecular formula is C32H27F3N6O2. The lowest BCUT2D eigenvalue weighted by Gasteiger charge is -2.42. The Kier molecular flexibility index (Phi) is 6.37. The molecule has 1 saturated heterocycles. The summed E-state index contributed by atoms with van der Waals surface area (Å²) < 4.78 is 50.6. The first-order chi connectivity index (χ1) is 20.6. The molecule has 3 aliphatic heterocycles. The number of amides is 1. The van der Waals surface area contributed by atoms with Crippen molar-refractivity contribution in [2.75, 3.05) is 18.1 Å². The number of carbonyl (C=O) groups excluding carboxylic acids is 1. The first-order valence-electron chi connectivity index (χ1n) is 13.9. The minimum atomic E-state index is -4.62. The number of nitrogens with zero attached hydrogens (tertiary/aromatic N) is 6. The molecule has 0 aliphatic carbocycles. The Morgan fingerprint density at radius 3 is 2.56 bits per heavy atom. The maximum Gasteiger partial charge on any atom is 0.416 e. The third kappa shape index (κ3) is 4.67. The van der Waals surface area contributed by atoms with Crippen LogP contribution >= 0.6 is 0 Å². The van der Waals surface area contributed by atoms with E-state index in [-0.39, 0.29) is 29.6 Å². The highest BCUT2D eigenvalue weighted by Crippen LogP contribution is 2.42. The van der Waals surface area contributed by atoms with Crippen LogP contribution < -0.4 is 4.90 Å². The number of hydrogen-bond acceptors (Lipinski definition) is 6. The number of ether oxygens (including phenoxy) is 1. The van der Waals surface area contributed by atoms with E-state index >= 15 is 0 Å². The van der Waals surface area contributed by atoms with Crippen LogP contribution in [0.5, 0.6) is 0 Å². The zero-order valence-electron chi connectivity index (χ0n) is 23.4. The number of rotatable bonds is 6. The monoisotopic (exact) mass is 584 g/mol. The van der Waals surface area contributed by atoms with E-state index in [0.717, 1.165) is 22.5 Å². The Labute approximate surface area is 245 Å². The fourth-order valence-corrected chi connectivity index (χ4v) is 6.48. The van der Waals surface area contributed by atoms with Crippen LogP contribution in [0.2, 0.25) is 0 Å². The van der Waals surface area contributed by atoms with E-state index < -0.39 is 17.6 Å². The van der Waals surface area contributed by atoms with E-state index in [1.54, 1.807) is 24.5 Å². The molecule has 218 valence electrons. The molecule has 4 aromatic rings. The molecule has 0 N–H and O–H groups in total. The van der Waals surface area contributed by atoms with Gasteiger partial charge in [-0.3, -0.25) is 9.69 Å². The van der Waals surface area contributed by atoms with Crippen LogP contribution in [0, 0.1) is 11.3 Å². The van der Waals surface area contributed by atoms with Gasteiger partial charge in [-0.25, -0.2) is 0 Å². The second kappa shape index (κ2) is 10.0. The molecule has 43 heavy (non-hydrogen) atoms. The molecule has 4 heterocycles. The van der Waals surface area contributed by atoms with Crippen molar-refractivity contribution in [1.29, 1.82) is 5.26 Å². The Hall–Kier alpha value is -4.53. The molecule has 1 aromatic heterocycles. The predicted octanol–water partition coefficient (Wildman–Crippen LogP) is 4.89. The van der Waals surface area contributed by atoms with Crippen molar-refractivity contribution >= 4 is 11.6 Å². The normalized spacial score (nSPS) is 17.5. The van der Waals surface area contributed by atoms with Crippen molar-refractivity contribution in [1.82, 2.24) is 19.7 Å². The molecule has 0 bridgehead atoms. The fraction of sp³-hybridized carbons (Fsp3) is 0.312. The average molecular weight is 585 g/mol. The maximum absolute atomic E-state index is 14.4. The van der Waals surface area contributed by atoms with Crippen LogP contribution in [0.1, 0.15) is 55.1 Å². The second-order valence-corrected chi connectivity index (χ2v) is 11.6. The lowest BCUT2D eigenvalue weighted by atomic mass is 9.75.